The molecule has 2 aromatic heterocycles. The van der Waals surface area contributed by atoms with Crippen LogP contribution >= 0.6 is 11.3 Å². The molecule has 3 aromatic rings. The maximum Gasteiger partial charge on any atom is 0.348 e. The van der Waals surface area contributed by atoms with Gasteiger partial charge >= 0.3 is 17.6 Å². The fourth-order valence-corrected chi connectivity index (χ4v) is 4.38. The molecule has 9 nitrogen and oxygen atoms in total. The summed E-state index contributed by atoms with van der Waals surface area (Å²) < 4.78 is 21.1. The number of aryl methyl sites for hydroxylation is 1. The number of nitrogens with one attached hydrogen (secondary N) is 1. The third kappa shape index (κ3) is 5.28. The molecule has 0 aliphatic heterocycles. The van der Waals surface area contributed by atoms with Gasteiger partial charge in [-0.05, 0) is 57.9 Å². The highest BCUT2D eigenvalue weighted by atomic mass is 32.1. The number of ether oxygens (including phenoxy) is 3. The molecule has 34 heavy (non-hydrogen) atoms. The molecule has 1 atom stereocenters. The minimum atomic E-state index is -0.975. The molecule has 0 saturated carbocycles. The van der Waals surface area contributed by atoms with Gasteiger partial charge in [0.2, 0.25) is 0 Å². The van der Waals surface area contributed by atoms with Crippen LogP contribution in [0.1, 0.15) is 51.9 Å². The van der Waals surface area contributed by atoms with Crippen molar-refractivity contribution in [3.8, 4) is 5.75 Å². The number of carbonyl (C=O) groups excluding carboxylic acids is 3. The van der Waals surface area contributed by atoms with Crippen LogP contribution in [0.25, 0.3) is 11.0 Å². The highest BCUT2D eigenvalue weighted by molar-refractivity contribution is 7.18. The highest BCUT2D eigenvalue weighted by Gasteiger charge is 2.28. The lowest BCUT2D eigenvalue weighted by molar-refractivity contribution is -0.122. The van der Waals surface area contributed by atoms with Crippen molar-refractivity contribution in [3.05, 3.63) is 56.3 Å². The lowest BCUT2D eigenvalue weighted by Gasteiger charge is -2.15. The minimum absolute atomic E-state index is 0.0957. The molecule has 0 aliphatic carbocycles. The van der Waals surface area contributed by atoms with Crippen LogP contribution < -0.4 is 15.7 Å². The predicted octanol–water partition coefficient (Wildman–Crippen LogP) is 4.23. The van der Waals surface area contributed by atoms with Crippen LogP contribution in [0.2, 0.25) is 0 Å². The van der Waals surface area contributed by atoms with E-state index in [1.807, 2.05) is 0 Å². The zero-order valence-electron chi connectivity index (χ0n) is 19.5. The largest absolute Gasteiger partial charge is 0.481 e. The molecule has 0 aliphatic rings. The number of benzene rings is 1. The summed E-state index contributed by atoms with van der Waals surface area (Å²) >= 11 is 0.933. The van der Waals surface area contributed by atoms with E-state index < -0.39 is 29.6 Å². The second-order valence-electron chi connectivity index (χ2n) is 7.36. The van der Waals surface area contributed by atoms with Crippen LogP contribution in [-0.2, 0) is 14.3 Å². The van der Waals surface area contributed by atoms with E-state index in [0.717, 1.165) is 22.3 Å². The van der Waals surface area contributed by atoms with E-state index in [1.165, 1.54) is 19.1 Å². The summed E-state index contributed by atoms with van der Waals surface area (Å²) in [6.45, 7) is 8.56. The number of hydrogen-bond acceptors (Lipinski definition) is 9. The Balaban J connectivity index is 1.84. The molecule has 0 saturated heterocycles. The molecule has 10 heteroatoms. The minimum Gasteiger partial charge on any atom is -0.481 e. The summed E-state index contributed by atoms with van der Waals surface area (Å²) in [6.07, 6.45) is -0.975. The second-order valence-corrected chi connectivity index (χ2v) is 8.38. The fraction of sp³-hybridized carbons (Fsp3) is 0.333. The third-order valence-corrected chi connectivity index (χ3v) is 6.12. The zero-order valence-corrected chi connectivity index (χ0v) is 20.3. The molecule has 3 rings (SSSR count). The quantitative estimate of drug-likeness (QED) is 0.370. The smallest absolute Gasteiger partial charge is 0.348 e. The molecule has 1 unspecified atom stereocenters. The Labute approximate surface area is 199 Å². The Hall–Kier alpha value is -3.66. The van der Waals surface area contributed by atoms with Crippen molar-refractivity contribution < 1.29 is 33.0 Å². The molecule has 1 aromatic carbocycles. The molecule has 1 amide bonds. The number of fused-ring (bicyclic) bond motifs is 1. The van der Waals surface area contributed by atoms with Gasteiger partial charge in [0.15, 0.2) is 6.10 Å². The van der Waals surface area contributed by atoms with Crippen molar-refractivity contribution >= 4 is 45.2 Å². The summed E-state index contributed by atoms with van der Waals surface area (Å²) in [4.78, 5) is 49.5. The number of anilines is 1. The molecule has 1 N–H and O–H groups in total. The monoisotopic (exact) mass is 487 g/mol. The Morgan fingerprint density at radius 1 is 1.06 bits per heavy atom. The van der Waals surface area contributed by atoms with E-state index in [9.17, 15) is 19.2 Å². The lowest BCUT2D eigenvalue weighted by Crippen LogP contribution is -2.30. The summed E-state index contributed by atoms with van der Waals surface area (Å²) in [6, 6.07) is 6.33. The molecular weight excluding hydrogens is 462 g/mol. The Kier molecular flexibility index (Phi) is 7.72. The Bertz CT molecular complexity index is 1310. The predicted molar refractivity (Wildman–Crippen MR) is 127 cm³/mol. The van der Waals surface area contributed by atoms with E-state index in [-0.39, 0.29) is 28.7 Å². The number of thiophene rings is 1. The molecule has 2 heterocycles. The van der Waals surface area contributed by atoms with Crippen LogP contribution in [0.15, 0.2) is 33.5 Å². The van der Waals surface area contributed by atoms with Crippen LogP contribution in [0.5, 0.6) is 5.75 Å². The van der Waals surface area contributed by atoms with Gasteiger partial charge in [-0.25, -0.2) is 14.4 Å². The number of esters is 2. The standard InChI is InChI=1S/C24H25NO8S/c1-6-30-23(28)19-13(4)20(24(29)31-7-2)34-22(19)25-21(27)14(5)32-15-8-9-16-12(3)10-18(26)33-17(16)11-15/h8-11,14H,6-7H2,1-5H3,(H,25,27). The van der Waals surface area contributed by atoms with Gasteiger partial charge in [0, 0.05) is 17.5 Å². The van der Waals surface area contributed by atoms with E-state index in [4.69, 9.17) is 18.6 Å². The SMILES string of the molecule is CCOC(=O)c1sc(NC(=O)C(C)Oc2ccc3c(C)cc(=O)oc3c2)c(C(=O)OCC)c1C. The van der Waals surface area contributed by atoms with Crippen molar-refractivity contribution in [2.45, 2.75) is 40.7 Å². The maximum atomic E-state index is 12.9. The topological polar surface area (TPSA) is 121 Å². The van der Waals surface area contributed by atoms with Gasteiger partial charge in [0.05, 0.1) is 18.8 Å². The third-order valence-electron chi connectivity index (χ3n) is 4.93. The first-order valence-corrected chi connectivity index (χ1v) is 11.5. The average Bonchev–Trinajstić information content (AvgIpc) is 3.09. The van der Waals surface area contributed by atoms with Crippen molar-refractivity contribution in [3.63, 3.8) is 0 Å². The average molecular weight is 488 g/mol. The van der Waals surface area contributed by atoms with Gasteiger partial charge < -0.3 is 23.9 Å². The summed E-state index contributed by atoms with van der Waals surface area (Å²) in [7, 11) is 0. The van der Waals surface area contributed by atoms with E-state index in [1.54, 1.807) is 39.8 Å². The first-order chi connectivity index (χ1) is 16.2. The number of amides is 1. The Morgan fingerprint density at radius 2 is 1.74 bits per heavy atom. The normalized spacial score (nSPS) is 11.7. The molecule has 0 spiro atoms. The van der Waals surface area contributed by atoms with Gasteiger partial charge in [-0.2, -0.15) is 0 Å². The lowest BCUT2D eigenvalue weighted by atomic mass is 10.1. The number of rotatable bonds is 8. The van der Waals surface area contributed by atoms with E-state index >= 15 is 0 Å². The van der Waals surface area contributed by atoms with E-state index in [2.05, 4.69) is 5.32 Å². The second kappa shape index (κ2) is 10.5. The molecule has 180 valence electrons. The van der Waals surface area contributed by atoms with Crippen LogP contribution in [-0.4, -0.2) is 37.2 Å². The van der Waals surface area contributed by atoms with Crippen LogP contribution in [0, 0.1) is 13.8 Å². The van der Waals surface area contributed by atoms with Gasteiger partial charge in [-0.1, -0.05) is 0 Å². The fourth-order valence-electron chi connectivity index (χ4n) is 3.29. The molecule has 0 fully saturated rings. The summed E-state index contributed by atoms with van der Waals surface area (Å²) in [5.74, 6) is -1.47. The van der Waals surface area contributed by atoms with Gasteiger partial charge in [-0.3, -0.25) is 4.79 Å². The van der Waals surface area contributed by atoms with Crippen molar-refractivity contribution in [2.75, 3.05) is 18.5 Å². The number of hydrogen-bond donors (Lipinski definition) is 1. The molecule has 0 bridgehead atoms. The van der Waals surface area contributed by atoms with Crippen molar-refractivity contribution in [2.24, 2.45) is 0 Å². The molecular formula is C24H25NO8S. The molecule has 0 radical (unpaired) electrons. The van der Waals surface area contributed by atoms with Crippen LogP contribution in [0.4, 0.5) is 5.00 Å². The van der Waals surface area contributed by atoms with Crippen LogP contribution in [0.3, 0.4) is 0 Å². The van der Waals surface area contributed by atoms with Gasteiger partial charge in [-0.15, -0.1) is 11.3 Å². The Morgan fingerprint density at radius 3 is 2.41 bits per heavy atom. The highest BCUT2D eigenvalue weighted by Crippen LogP contribution is 2.34. The van der Waals surface area contributed by atoms with E-state index in [0.29, 0.717) is 16.9 Å². The first-order valence-electron chi connectivity index (χ1n) is 10.7. The zero-order chi connectivity index (χ0) is 25.0. The van der Waals surface area contributed by atoms with Gasteiger partial charge in [0.1, 0.15) is 21.2 Å². The first kappa shape index (κ1) is 25.0. The maximum absolute atomic E-state index is 12.9. The number of carbonyl (C=O) groups is 3. The van der Waals surface area contributed by atoms with Crippen molar-refractivity contribution in [1.82, 2.24) is 0 Å². The van der Waals surface area contributed by atoms with Gasteiger partial charge in [0.25, 0.3) is 5.91 Å². The summed E-state index contributed by atoms with van der Waals surface area (Å²) in [5, 5.41) is 3.58. The van der Waals surface area contributed by atoms with Crippen molar-refractivity contribution in [1.29, 1.82) is 0 Å². The summed E-state index contributed by atoms with van der Waals surface area (Å²) in [5.41, 5.74) is 1.09.